The molecule has 0 aliphatic heterocycles. The van der Waals surface area contributed by atoms with E-state index in [4.69, 9.17) is 16.6 Å². The van der Waals surface area contributed by atoms with Gasteiger partial charge in [0, 0.05) is 25.6 Å². The summed E-state index contributed by atoms with van der Waals surface area (Å²) in [5.41, 5.74) is 0. The molecule has 0 aromatic carbocycles. The van der Waals surface area contributed by atoms with Gasteiger partial charge in [-0.25, -0.2) is 9.97 Å². The van der Waals surface area contributed by atoms with Crippen LogP contribution in [0.15, 0.2) is 6.07 Å². The van der Waals surface area contributed by atoms with Gasteiger partial charge in [-0.1, -0.05) is 30.9 Å². The topological polar surface area (TPSA) is 29.0 Å². The van der Waals surface area contributed by atoms with Gasteiger partial charge in [-0.2, -0.15) is 0 Å². The van der Waals surface area contributed by atoms with Gasteiger partial charge in [0.15, 0.2) is 0 Å². The van der Waals surface area contributed by atoms with Crippen molar-refractivity contribution in [1.82, 2.24) is 9.97 Å². The van der Waals surface area contributed by atoms with E-state index < -0.39 is 0 Å². The lowest BCUT2D eigenvalue weighted by molar-refractivity contribution is 0.361. The molecule has 2 aliphatic rings. The fourth-order valence-electron chi connectivity index (χ4n) is 2.99. The number of nitrogens with zero attached hydrogens (tertiary/aromatic N) is 3. The van der Waals surface area contributed by atoms with E-state index in [0.29, 0.717) is 11.1 Å². The average molecular weight is 280 g/mol. The molecule has 104 valence electrons. The van der Waals surface area contributed by atoms with Crippen LogP contribution >= 0.6 is 11.6 Å². The van der Waals surface area contributed by atoms with Gasteiger partial charge in [0.25, 0.3) is 0 Å². The Balaban J connectivity index is 1.69. The van der Waals surface area contributed by atoms with E-state index in [-0.39, 0.29) is 0 Å². The zero-order valence-electron chi connectivity index (χ0n) is 11.6. The second-order valence-electron chi connectivity index (χ2n) is 6.07. The highest BCUT2D eigenvalue weighted by Crippen LogP contribution is 2.39. The summed E-state index contributed by atoms with van der Waals surface area (Å²) in [6.07, 6.45) is 9.33. The van der Waals surface area contributed by atoms with Crippen LogP contribution < -0.4 is 4.90 Å². The summed E-state index contributed by atoms with van der Waals surface area (Å²) in [6.45, 7) is 1.09. The fraction of sp³-hybridized carbons (Fsp3) is 0.733. The number of hydrogen-bond donors (Lipinski definition) is 0. The van der Waals surface area contributed by atoms with Crippen molar-refractivity contribution in [3.05, 3.63) is 17.0 Å². The number of hydrogen-bond acceptors (Lipinski definition) is 3. The summed E-state index contributed by atoms with van der Waals surface area (Å²) in [4.78, 5) is 11.3. The fourth-order valence-corrected chi connectivity index (χ4v) is 3.18. The normalized spacial score (nSPS) is 20.5. The highest BCUT2D eigenvalue weighted by Gasteiger charge is 2.27. The number of halogens is 1. The van der Waals surface area contributed by atoms with E-state index in [1.165, 1.54) is 44.9 Å². The standard InChI is InChI=1S/C15H22ClN3/c1-19(10-11-5-3-2-4-6-11)14-9-13(16)17-15(18-14)12-7-8-12/h9,11-12H,2-8,10H2,1H3. The van der Waals surface area contributed by atoms with Gasteiger partial charge in [-0.3, -0.25) is 0 Å². The van der Waals surface area contributed by atoms with Crippen LogP contribution in [0.5, 0.6) is 0 Å². The largest absolute Gasteiger partial charge is 0.359 e. The average Bonchev–Trinajstić information content (AvgIpc) is 3.23. The van der Waals surface area contributed by atoms with Crippen molar-refractivity contribution in [2.45, 2.75) is 50.9 Å². The van der Waals surface area contributed by atoms with Gasteiger partial charge < -0.3 is 4.90 Å². The lowest BCUT2D eigenvalue weighted by Gasteiger charge is -2.27. The van der Waals surface area contributed by atoms with Crippen LogP contribution in [0.4, 0.5) is 5.82 Å². The Bertz CT molecular complexity index is 439. The maximum absolute atomic E-state index is 6.13. The summed E-state index contributed by atoms with van der Waals surface area (Å²) >= 11 is 6.13. The van der Waals surface area contributed by atoms with E-state index in [1.807, 2.05) is 6.07 Å². The van der Waals surface area contributed by atoms with E-state index in [9.17, 15) is 0 Å². The SMILES string of the molecule is CN(CC1CCCCC1)c1cc(Cl)nc(C2CC2)n1. The quantitative estimate of drug-likeness (QED) is 0.780. The zero-order chi connectivity index (χ0) is 13.2. The third-order valence-electron chi connectivity index (χ3n) is 4.29. The molecule has 0 saturated heterocycles. The minimum Gasteiger partial charge on any atom is -0.359 e. The minimum absolute atomic E-state index is 0.556. The minimum atomic E-state index is 0.556. The zero-order valence-corrected chi connectivity index (χ0v) is 12.4. The van der Waals surface area contributed by atoms with Crippen LogP contribution in [-0.4, -0.2) is 23.6 Å². The van der Waals surface area contributed by atoms with Crippen LogP contribution in [0.2, 0.25) is 5.15 Å². The van der Waals surface area contributed by atoms with E-state index >= 15 is 0 Å². The van der Waals surface area contributed by atoms with Crippen LogP contribution in [-0.2, 0) is 0 Å². The van der Waals surface area contributed by atoms with Crippen molar-refractivity contribution >= 4 is 17.4 Å². The predicted octanol–water partition coefficient (Wildman–Crippen LogP) is 4.02. The Morgan fingerprint density at radius 2 is 1.89 bits per heavy atom. The molecule has 0 radical (unpaired) electrons. The van der Waals surface area contributed by atoms with Gasteiger partial charge in [0.05, 0.1) is 0 Å². The summed E-state index contributed by atoms with van der Waals surface area (Å²) in [5, 5.41) is 0.586. The molecule has 1 heterocycles. The Morgan fingerprint density at radius 1 is 1.16 bits per heavy atom. The highest BCUT2D eigenvalue weighted by atomic mass is 35.5. The lowest BCUT2D eigenvalue weighted by atomic mass is 9.89. The molecule has 3 rings (SSSR count). The second-order valence-corrected chi connectivity index (χ2v) is 6.45. The first-order chi connectivity index (χ1) is 9.22. The van der Waals surface area contributed by atoms with E-state index in [1.54, 1.807) is 0 Å². The summed E-state index contributed by atoms with van der Waals surface area (Å²) in [6, 6.07) is 1.90. The Kier molecular flexibility index (Phi) is 3.92. The maximum Gasteiger partial charge on any atom is 0.135 e. The molecule has 1 aromatic rings. The van der Waals surface area contributed by atoms with Crippen LogP contribution in [0.1, 0.15) is 56.7 Å². The highest BCUT2D eigenvalue weighted by molar-refractivity contribution is 6.29. The molecule has 1 aromatic heterocycles. The molecule has 0 unspecified atom stereocenters. The second kappa shape index (κ2) is 5.66. The molecule has 3 nitrogen and oxygen atoms in total. The van der Waals surface area contributed by atoms with Crippen molar-refractivity contribution in [2.75, 3.05) is 18.5 Å². The van der Waals surface area contributed by atoms with Gasteiger partial charge in [-0.15, -0.1) is 0 Å². The van der Waals surface area contributed by atoms with Gasteiger partial charge in [0.1, 0.15) is 16.8 Å². The maximum atomic E-state index is 6.13. The summed E-state index contributed by atoms with van der Waals surface area (Å²) in [7, 11) is 2.13. The number of aromatic nitrogens is 2. The third kappa shape index (κ3) is 3.38. The molecule has 0 bridgehead atoms. The lowest BCUT2D eigenvalue weighted by Crippen LogP contribution is -2.27. The van der Waals surface area contributed by atoms with E-state index in [2.05, 4.69) is 16.9 Å². The first-order valence-electron chi connectivity index (χ1n) is 7.48. The smallest absolute Gasteiger partial charge is 0.135 e. The molecule has 0 atom stereocenters. The molecule has 0 spiro atoms. The van der Waals surface area contributed by atoms with E-state index in [0.717, 1.165) is 24.1 Å². The molecule has 0 N–H and O–H groups in total. The summed E-state index contributed by atoms with van der Waals surface area (Å²) < 4.78 is 0. The van der Waals surface area contributed by atoms with Crippen molar-refractivity contribution in [2.24, 2.45) is 5.92 Å². The monoisotopic (exact) mass is 279 g/mol. The molecule has 2 fully saturated rings. The molecular weight excluding hydrogens is 258 g/mol. The van der Waals surface area contributed by atoms with Gasteiger partial charge in [0.2, 0.25) is 0 Å². The van der Waals surface area contributed by atoms with Crippen molar-refractivity contribution in [3.63, 3.8) is 0 Å². The van der Waals surface area contributed by atoms with Gasteiger partial charge in [-0.05, 0) is 31.6 Å². The molecule has 2 saturated carbocycles. The van der Waals surface area contributed by atoms with Crippen molar-refractivity contribution < 1.29 is 0 Å². The molecule has 4 heteroatoms. The van der Waals surface area contributed by atoms with Crippen LogP contribution in [0.3, 0.4) is 0 Å². The van der Waals surface area contributed by atoms with Crippen molar-refractivity contribution in [3.8, 4) is 0 Å². The Morgan fingerprint density at radius 3 is 2.58 bits per heavy atom. The van der Waals surface area contributed by atoms with Crippen molar-refractivity contribution in [1.29, 1.82) is 0 Å². The molecule has 19 heavy (non-hydrogen) atoms. The number of anilines is 1. The van der Waals surface area contributed by atoms with Crippen LogP contribution in [0, 0.1) is 5.92 Å². The Labute approximate surface area is 120 Å². The van der Waals surface area contributed by atoms with Crippen LogP contribution in [0.25, 0.3) is 0 Å². The Hall–Kier alpha value is -0.830. The first kappa shape index (κ1) is 13.2. The first-order valence-corrected chi connectivity index (χ1v) is 7.86. The molecule has 2 aliphatic carbocycles. The number of rotatable bonds is 4. The predicted molar refractivity (Wildman–Crippen MR) is 78.9 cm³/mol. The van der Waals surface area contributed by atoms with Gasteiger partial charge >= 0.3 is 0 Å². The molecule has 0 amide bonds. The third-order valence-corrected chi connectivity index (χ3v) is 4.48. The molecular formula is C15H22ClN3. The summed E-state index contributed by atoms with van der Waals surface area (Å²) in [5.74, 6) is 3.31.